The summed E-state index contributed by atoms with van der Waals surface area (Å²) in [5, 5.41) is 2.90. The van der Waals surface area contributed by atoms with Crippen molar-refractivity contribution in [2.24, 2.45) is 11.8 Å². The van der Waals surface area contributed by atoms with Gasteiger partial charge in [-0.2, -0.15) is 0 Å². The van der Waals surface area contributed by atoms with Gasteiger partial charge in [0.15, 0.2) is 0 Å². The first-order valence-electron chi connectivity index (χ1n) is 12.0. The number of hydrogen-bond donors (Lipinski definition) is 1. The molecule has 1 aromatic carbocycles. The molecule has 34 heavy (non-hydrogen) atoms. The van der Waals surface area contributed by atoms with E-state index in [1.165, 1.54) is 4.90 Å². The molecule has 1 fully saturated rings. The number of rotatable bonds is 10. The van der Waals surface area contributed by atoms with Gasteiger partial charge in [0.25, 0.3) is 0 Å². The third kappa shape index (κ3) is 5.66. The lowest BCUT2D eigenvalue weighted by atomic mass is 9.85. The van der Waals surface area contributed by atoms with Crippen LogP contribution in [0.3, 0.4) is 0 Å². The number of allylic oxidation sites excluding steroid dienone is 2. The van der Waals surface area contributed by atoms with Crippen molar-refractivity contribution in [1.82, 2.24) is 15.1 Å². The predicted octanol–water partition coefficient (Wildman–Crippen LogP) is 2.67. The Hall–Kier alpha value is -3.16. The largest absolute Gasteiger partial charge is 0.497 e. The zero-order valence-electron chi connectivity index (χ0n) is 20.5. The van der Waals surface area contributed by atoms with Gasteiger partial charge < -0.3 is 15.0 Å². The average Bonchev–Trinajstić information content (AvgIpc) is 3.06. The van der Waals surface area contributed by atoms with Gasteiger partial charge in [-0.3, -0.25) is 24.1 Å². The molecule has 8 nitrogen and oxygen atoms in total. The van der Waals surface area contributed by atoms with Crippen LogP contribution in [0.5, 0.6) is 5.75 Å². The van der Waals surface area contributed by atoms with Crippen LogP contribution in [0.1, 0.15) is 52.0 Å². The first-order chi connectivity index (χ1) is 16.3. The Morgan fingerprint density at radius 3 is 2.35 bits per heavy atom. The van der Waals surface area contributed by atoms with Crippen LogP contribution in [0, 0.1) is 11.8 Å². The molecule has 0 saturated carbocycles. The first-order valence-corrected chi connectivity index (χ1v) is 12.0. The Kier molecular flexibility index (Phi) is 8.47. The molecule has 3 rings (SSSR count). The molecule has 0 aromatic heterocycles. The van der Waals surface area contributed by atoms with Crippen molar-refractivity contribution in [2.75, 3.05) is 13.7 Å². The van der Waals surface area contributed by atoms with Crippen molar-refractivity contribution in [2.45, 2.75) is 65.1 Å². The van der Waals surface area contributed by atoms with Crippen LogP contribution >= 0.6 is 0 Å². The van der Waals surface area contributed by atoms with Crippen LogP contribution in [-0.2, 0) is 25.7 Å². The van der Waals surface area contributed by atoms with E-state index in [2.05, 4.69) is 5.32 Å². The van der Waals surface area contributed by atoms with E-state index in [-0.39, 0.29) is 61.0 Å². The normalized spacial score (nSPS) is 20.3. The highest BCUT2D eigenvalue weighted by Crippen LogP contribution is 2.35. The molecule has 0 radical (unpaired) electrons. The van der Waals surface area contributed by atoms with E-state index < -0.39 is 6.04 Å². The predicted molar refractivity (Wildman–Crippen MR) is 128 cm³/mol. The van der Waals surface area contributed by atoms with Crippen molar-refractivity contribution in [3.8, 4) is 5.75 Å². The standard InChI is InChI=1S/C26H35N3O5/c1-5-22(24(31)27-17(2)3)29(16-18-9-8-10-19(15-18)34-4)23(30)13-14-28-25(32)20-11-6-7-12-21(20)26(28)33/h6-10,15,17,20-22H,5,11-14,16H2,1-4H3,(H,27,31)/t20-,21+,22?. The van der Waals surface area contributed by atoms with E-state index in [9.17, 15) is 19.2 Å². The molecular weight excluding hydrogens is 434 g/mol. The van der Waals surface area contributed by atoms with Crippen molar-refractivity contribution >= 4 is 23.6 Å². The summed E-state index contributed by atoms with van der Waals surface area (Å²) in [6.45, 7) is 5.86. The average molecular weight is 470 g/mol. The summed E-state index contributed by atoms with van der Waals surface area (Å²) < 4.78 is 5.30. The number of hydrogen-bond acceptors (Lipinski definition) is 5. The van der Waals surface area contributed by atoms with Gasteiger partial charge in [0, 0.05) is 25.6 Å². The second kappa shape index (κ2) is 11.3. The van der Waals surface area contributed by atoms with Crippen LogP contribution in [0.4, 0.5) is 0 Å². The first kappa shape index (κ1) is 25.5. The highest BCUT2D eigenvalue weighted by atomic mass is 16.5. The highest BCUT2D eigenvalue weighted by Gasteiger charge is 2.47. The topological polar surface area (TPSA) is 96.0 Å². The zero-order chi connectivity index (χ0) is 24.8. The number of methoxy groups -OCH3 is 1. The lowest BCUT2D eigenvalue weighted by Crippen LogP contribution is -2.51. The number of fused-ring (bicyclic) bond motifs is 1. The number of likely N-dealkylation sites (tertiary alicyclic amines) is 1. The van der Waals surface area contributed by atoms with Gasteiger partial charge in [-0.1, -0.05) is 31.2 Å². The van der Waals surface area contributed by atoms with Crippen LogP contribution in [0.25, 0.3) is 0 Å². The van der Waals surface area contributed by atoms with Gasteiger partial charge >= 0.3 is 0 Å². The summed E-state index contributed by atoms with van der Waals surface area (Å²) in [5.74, 6) is -0.871. The minimum atomic E-state index is -0.669. The second-order valence-corrected chi connectivity index (χ2v) is 9.19. The fourth-order valence-corrected chi connectivity index (χ4v) is 4.71. The van der Waals surface area contributed by atoms with Crippen molar-refractivity contribution < 1.29 is 23.9 Å². The lowest BCUT2D eigenvalue weighted by molar-refractivity contribution is -0.144. The minimum Gasteiger partial charge on any atom is -0.497 e. The molecule has 0 bridgehead atoms. The Morgan fingerprint density at radius 2 is 1.79 bits per heavy atom. The summed E-state index contributed by atoms with van der Waals surface area (Å²) in [6.07, 6.45) is 5.42. The van der Waals surface area contributed by atoms with E-state index in [0.717, 1.165) is 5.56 Å². The van der Waals surface area contributed by atoms with E-state index in [4.69, 9.17) is 4.74 Å². The van der Waals surface area contributed by atoms with Crippen LogP contribution < -0.4 is 10.1 Å². The molecule has 1 unspecified atom stereocenters. The molecule has 1 aliphatic carbocycles. The maximum absolute atomic E-state index is 13.4. The van der Waals surface area contributed by atoms with Gasteiger partial charge in [0.2, 0.25) is 23.6 Å². The van der Waals surface area contributed by atoms with Crippen LogP contribution in [0.15, 0.2) is 36.4 Å². The third-order valence-corrected chi connectivity index (χ3v) is 6.45. The Balaban J connectivity index is 1.77. The Bertz CT molecular complexity index is 932. The molecule has 1 saturated heterocycles. The van der Waals surface area contributed by atoms with Crippen LogP contribution in [0.2, 0.25) is 0 Å². The van der Waals surface area contributed by atoms with Gasteiger partial charge in [0.05, 0.1) is 18.9 Å². The monoisotopic (exact) mass is 469 g/mol. The number of benzene rings is 1. The smallest absolute Gasteiger partial charge is 0.243 e. The summed E-state index contributed by atoms with van der Waals surface area (Å²) in [7, 11) is 1.57. The van der Waals surface area contributed by atoms with E-state index in [0.29, 0.717) is 25.0 Å². The fraction of sp³-hybridized carbons (Fsp3) is 0.538. The van der Waals surface area contributed by atoms with Gasteiger partial charge in [-0.15, -0.1) is 0 Å². The molecular formula is C26H35N3O5. The molecule has 2 aliphatic rings. The number of carbonyl (C=O) groups excluding carboxylic acids is 4. The SMILES string of the molecule is CCC(C(=O)NC(C)C)N(Cc1cccc(OC)c1)C(=O)CCN1C(=O)[C@H]2CC=CC[C@H]2C1=O. The molecule has 4 amide bonds. The quantitative estimate of drug-likeness (QED) is 0.420. The van der Waals surface area contributed by atoms with Crippen molar-refractivity contribution in [1.29, 1.82) is 0 Å². The number of nitrogens with one attached hydrogen (secondary N) is 1. The Morgan fingerprint density at radius 1 is 1.15 bits per heavy atom. The minimum absolute atomic E-state index is 0.0280. The molecule has 1 heterocycles. The Labute approximate surface area is 201 Å². The van der Waals surface area contributed by atoms with E-state index in [1.807, 2.05) is 57.2 Å². The third-order valence-electron chi connectivity index (χ3n) is 6.45. The molecule has 1 N–H and O–H groups in total. The summed E-state index contributed by atoms with van der Waals surface area (Å²) in [5.41, 5.74) is 0.828. The molecule has 3 atom stereocenters. The van der Waals surface area contributed by atoms with Crippen molar-refractivity contribution in [3.05, 3.63) is 42.0 Å². The molecule has 1 aromatic rings. The number of ether oxygens (including phenoxy) is 1. The maximum Gasteiger partial charge on any atom is 0.243 e. The molecule has 0 spiro atoms. The molecule has 1 aliphatic heterocycles. The number of imide groups is 1. The second-order valence-electron chi connectivity index (χ2n) is 9.19. The molecule has 184 valence electrons. The van der Waals surface area contributed by atoms with E-state index >= 15 is 0 Å². The lowest BCUT2D eigenvalue weighted by Gasteiger charge is -2.31. The highest BCUT2D eigenvalue weighted by molar-refractivity contribution is 6.05. The van der Waals surface area contributed by atoms with Crippen LogP contribution in [-0.4, -0.2) is 59.2 Å². The van der Waals surface area contributed by atoms with Gasteiger partial charge in [0.1, 0.15) is 11.8 Å². The van der Waals surface area contributed by atoms with Gasteiger partial charge in [-0.25, -0.2) is 0 Å². The molecule has 8 heteroatoms. The summed E-state index contributed by atoms with van der Waals surface area (Å²) in [4.78, 5) is 54.7. The summed E-state index contributed by atoms with van der Waals surface area (Å²) >= 11 is 0. The number of nitrogens with zero attached hydrogens (tertiary/aromatic N) is 2. The summed E-state index contributed by atoms with van der Waals surface area (Å²) in [6, 6.07) is 6.63. The fourth-order valence-electron chi connectivity index (χ4n) is 4.71. The van der Waals surface area contributed by atoms with Gasteiger partial charge in [-0.05, 0) is 50.8 Å². The number of amides is 4. The zero-order valence-corrected chi connectivity index (χ0v) is 20.5. The van der Waals surface area contributed by atoms with Crippen molar-refractivity contribution in [3.63, 3.8) is 0 Å². The number of carbonyl (C=O) groups is 4. The maximum atomic E-state index is 13.4. The van der Waals surface area contributed by atoms with E-state index in [1.54, 1.807) is 12.0 Å².